The van der Waals surface area contributed by atoms with Crippen molar-refractivity contribution in [3.05, 3.63) is 48.0 Å². The van der Waals surface area contributed by atoms with Crippen LogP contribution in [-0.2, 0) is 26.2 Å². The van der Waals surface area contributed by atoms with Gasteiger partial charge in [-0.3, -0.25) is 19.1 Å². The zero-order valence-corrected chi connectivity index (χ0v) is 14.1. The van der Waals surface area contributed by atoms with Gasteiger partial charge in [-0.1, -0.05) is 12.1 Å². The molecule has 0 spiro atoms. The Morgan fingerprint density at radius 2 is 2.12 bits per heavy atom. The highest BCUT2D eigenvalue weighted by atomic mass is 32.2. The lowest BCUT2D eigenvalue weighted by atomic mass is 10.2. The summed E-state index contributed by atoms with van der Waals surface area (Å²) in [5.41, 5.74) is 0.430. The van der Waals surface area contributed by atoms with Crippen LogP contribution in [0.15, 0.2) is 46.5 Å². The molecule has 0 saturated carbocycles. The standard InChI is InChI=1S/C15H14F2N4O4S/c16-15(17)21-8-7-18-12(21)9-25-13(22)5-6-19-14-10-3-1-2-4-11(10)26(23,24)20-14/h1-4,7-8,15H,5-6,9H2,(H,19,20). The molecule has 0 fully saturated rings. The Labute approximate surface area is 147 Å². The molecule has 1 N–H and O–H groups in total. The second-order valence-corrected chi connectivity index (χ2v) is 6.92. The molecule has 11 heteroatoms. The number of halogens is 2. The third-order valence-electron chi connectivity index (χ3n) is 3.57. The van der Waals surface area contributed by atoms with Crippen LogP contribution < -0.4 is 4.72 Å². The second kappa shape index (κ2) is 7.20. The topological polar surface area (TPSA) is 103 Å². The molecule has 1 aliphatic heterocycles. The fourth-order valence-corrected chi connectivity index (χ4v) is 3.61. The monoisotopic (exact) mass is 384 g/mol. The highest BCUT2D eigenvalue weighted by molar-refractivity contribution is 7.90. The van der Waals surface area contributed by atoms with E-state index in [9.17, 15) is 22.0 Å². The number of benzene rings is 1. The first kappa shape index (κ1) is 18.0. The fourth-order valence-electron chi connectivity index (χ4n) is 2.36. The molecule has 0 atom stereocenters. The third kappa shape index (κ3) is 3.72. The number of nitrogens with zero attached hydrogens (tertiary/aromatic N) is 3. The molecule has 2 aromatic rings. The van der Waals surface area contributed by atoms with Crippen LogP contribution in [0.4, 0.5) is 8.78 Å². The summed E-state index contributed by atoms with van der Waals surface area (Å²) in [5, 5.41) is 0. The van der Waals surface area contributed by atoms with Gasteiger partial charge in [0.1, 0.15) is 12.4 Å². The Morgan fingerprint density at radius 1 is 1.35 bits per heavy atom. The number of ether oxygens (including phenoxy) is 1. The van der Waals surface area contributed by atoms with Gasteiger partial charge in [0.05, 0.1) is 17.9 Å². The number of sulfonamides is 1. The summed E-state index contributed by atoms with van der Waals surface area (Å²) in [4.78, 5) is 19.6. The van der Waals surface area contributed by atoms with E-state index in [1.807, 2.05) is 0 Å². The van der Waals surface area contributed by atoms with Gasteiger partial charge < -0.3 is 4.74 Å². The molecule has 26 heavy (non-hydrogen) atoms. The molecule has 0 unspecified atom stereocenters. The number of carbonyl (C=O) groups excluding carboxylic acids is 1. The summed E-state index contributed by atoms with van der Waals surface area (Å²) in [5.74, 6) is -0.578. The molecule has 3 rings (SSSR count). The highest BCUT2D eigenvalue weighted by Crippen LogP contribution is 2.22. The molecule has 0 saturated heterocycles. The summed E-state index contributed by atoms with van der Waals surface area (Å²) in [6.45, 7) is -3.18. The van der Waals surface area contributed by atoms with Crippen LogP contribution in [-0.4, -0.2) is 36.3 Å². The summed E-state index contributed by atoms with van der Waals surface area (Å²) in [6.07, 6.45) is 2.14. The Kier molecular flexibility index (Phi) is 4.98. The quantitative estimate of drug-likeness (QED) is 0.760. The molecule has 8 nitrogen and oxygen atoms in total. The SMILES string of the molecule is O=C(CCN=C1NS(=O)(=O)c2ccccc21)OCc1nccn1C(F)F. The second-order valence-electron chi connectivity index (χ2n) is 5.27. The van der Waals surface area contributed by atoms with E-state index in [0.29, 0.717) is 10.1 Å². The van der Waals surface area contributed by atoms with E-state index in [4.69, 9.17) is 4.74 Å². The molecule has 0 bridgehead atoms. The highest BCUT2D eigenvalue weighted by Gasteiger charge is 2.29. The number of esters is 1. The van der Waals surface area contributed by atoms with Gasteiger partial charge in [0.2, 0.25) is 0 Å². The fraction of sp³-hybridized carbons (Fsp3) is 0.267. The van der Waals surface area contributed by atoms with Crippen molar-refractivity contribution in [2.24, 2.45) is 4.99 Å². The number of aliphatic imine (C=N–C) groups is 1. The summed E-state index contributed by atoms with van der Waals surface area (Å²) < 4.78 is 57.0. The smallest absolute Gasteiger partial charge is 0.320 e. The van der Waals surface area contributed by atoms with Crippen LogP contribution in [0, 0.1) is 0 Å². The van der Waals surface area contributed by atoms with Crippen molar-refractivity contribution in [1.29, 1.82) is 0 Å². The molecular weight excluding hydrogens is 370 g/mol. The summed E-state index contributed by atoms with van der Waals surface area (Å²) in [6, 6.07) is 6.34. The number of aromatic nitrogens is 2. The zero-order chi connectivity index (χ0) is 18.7. The van der Waals surface area contributed by atoms with E-state index < -0.39 is 22.5 Å². The van der Waals surface area contributed by atoms with E-state index in [0.717, 1.165) is 6.20 Å². The minimum Gasteiger partial charge on any atom is -0.457 e. The van der Waals surface area contributed by atoms with Crippen molar-refractivity contribution in [3.63, 3.8) is 0 Å². The molecule has 1 aromatic heterocycles. The number of hydrogen-bond donors (Lipinski definition) is 1. The van der Waals surface area contributed by atoms with Gasteiger partial charge in [0, 0.05) is 18.0 Å². The van der Waals surface area contributed by atoms with E-state index in [-0.39, 0.29) is 36.1 Å². The zero-order valence-electron chi connectivity index (χ0n) is 13.3. The average molecular weight is 384 g/mol. The number of fused-ring (bicyclic) bond motifs is 1. The molecule has 0 amide bonds. The molecular formula is C15H14F2N4O4S. The van der Waals surface area contributed by atoms with Crippen LogP contribution >= 0.6 is 0 Å². The normalized spacial score (nSPS) is 16.5. The van der Waals surface area contributed by atoms with Crippen molar-refractivity contribution in [2.75, 3.05) is 6.54 Å². The number of carbonyl (C=O) groups is 1. The Bertz CT molecular complexity index is 956. The average Bonchev–Trinajstić information content (AvgIpc) is 3.17. The molecule has 0 aliphatic carbocycles. The van der Waals surface area contributed by atoms with Crippen molar-refractivity contribution >= 4 is 21.8 Å². The molecule has 2 heterocycles. The molecule has 1 aromatic carbocycles. The Morgan fingerprint density at radius 3 is 2.88 bits per heavy atom. The minimum atomic E-state index is -3.64. The first-order valence-corrected chi connectivity index (χ1v) is 8.99. The van der Waals surface area contributed by atoms with Crippen molar-refractivity contribution < 1.29 is 26.7 Å². The largest absolute Gasteiger partial charge is 0.457 e. The van der Waals surface area contributed by atoms with E-state index in [2.05, 4.69) is 14.7 Å². The van der Waals surface area contributed by atoms with Gasteiger partial charge in [0.25, 0.3) is 10.0 Å². The number of nitrogens with one attached hydrogen (secondary N) is 1. The number of imidazole rings is 1. The van der Waals surface area contributed by atoms with Crippen molar-refractivity contribution in [1.82, 2.24) is 14.3 Å². The molecule has 138 valence electrons. The van der Waals surface area contributed by atoms with Gasteiger partial charge in [-0.2, -0.15) is 8.78 Å². The van der Waals surface area contributed by atoms with Gasteiger partial charge in [-0.15, -0.1) is 0 Å². The lowest BCUT2D eigenvalue weighted by molar-refractivity contribution is -0.145. The number of hydrogen-bond acceptors (Lipinski definition) is 6. The van der Waals surface area contributed by atoms with E-state index >= 15 is 0 Å². The minimum absolute atomic E-state index is 0.0195. The predicted molar refractivity (Wildman–Crippen MR) is 86.1 cm³/mol. The Balaban J connectivity index is 1.56. The van der Waals surface area contributed by atoms with Gasteiger partial charge >= 0.3 is 12.5 Å². The van der Waals surface area contributed by atoms with Crippen molar-refractivity contribution in [2.45, 2.75) is 24.5 Å². The van der Waals surface area contributed by atoms with Gasteiger partial charge in [-0.25, -0.2) is 13.4 Å². The summed E-state index contributed by atoms with van der Waals surface area (Å²) in [7, 11) is -3.64. The number of rotatable bonds is 6. The first-order chi connectivity index (χ1) is 12.4. The number of amidine groups is 1. The molecule has 0 radical (unpaired) electrons. The van der Waals surface area contributed by atoms with Crippen LogP contribution in [0.5, 0.6) is 0 Å². The lowest BCUT2D eigenvalue weighted by Gasteiger charge is -2.07. The molecule has 1 aliphatic rings. The van der Waals surface area contributed by atoms with E-state index in [1.54, 1.807) is 18.2 Å². The van der Waals surface area contributed by atoms with Crippen LogP contribution in [0.2, 0.25) is 0 Å². The maximum Gasteiger partial charge on any atom is 0.320 e. The van der Waals surface area contributed by atoms with Gasteiger partial charge in [0.15, 0.2) is 5.82 Å². The van der Waals surface area contributed by atoms with Crippen LogP contribution in [0.1, 0.15) is 24.4 Å². The maximum absolute atomic E-state index is 12.7. The maximum atomic E-state index is 12.7. The van der Waals surface area contributed by atoms with Crippen LogP contribution in [0.25, 0.3) is 0 Å². The number of alkyl halides is 2. The predicted octanol–water partition coefficient (Wildman–Crippen LogP) is 1.45. The first-order valence-electron chi connectivity index (χ1n) is 7.50. The van der Waals surface area contributed by atoms with Crippen LogP contribution in [0.3, 0.4) is 0 Å². The van der Waals surface area contributed by atoms with Crippen molar-refractivity contribution in [3.8, 4) is 0 Å². The Hall–Kier alpha value is -2.82. The van der Waals surface area contributed by atoms with E-state index in [1.165, 1.54) is 12.3 Å². The lowest BCUT2D eigenvalue weighted by Crippen LogP contribution is -2.22. The van der Waals surface area contributed by atoms with Gasteiger partial charge in [-0.05, 0) is 12.1 Å². The third-order valence-corrected chi connectivity index (χ3v) is 4.97. The summed E-state index contributed by atoms with van der Waals surface area (Å²) >= 11 is 0.